The van der Waals surface area contributed by atoms with E-state index in [-0.39, 0.29) is 0 Å². The lowest BCUT2D eigenvalue weighted by Crippen LogP contribution is -1.89. The molecule has 9 heteroatoms. The van der Waals surface area contributed by atoms with E-state index >= 15 is 0 Å². The molecule has 0 atom stereocenters. The van der Waals surface area contributed by atoms with E-state index in [1.807, 2.05) is 36.4 Å². The second-order valence-corrected chi connectivity index (χ2v) is 7.16. The minimum absolute atomic E-state index is 0.636. The van der Waals surface area contributed by atoms with Gasteiger partial charge in [-0.3, -0.25) is 25.0 Å². The number of fused-ring (bicyclic) bond motifs is 2. The standard InChI is InChI=1S/C23H16N8O/c1-32-14-8-13(10-24-11-14)18-9-15-19(12-27-18)30-31-20(15)23-28-17-5-7-26-21(22(17)29-23)16-4-2-3-6-25-16/h2-12H,1H3,(H,28,29)(H,30,31). The summed E-state index contributed by atoms with van der Waals surface area (Å²) in [6.07, 6.45) is 8.65. The van der Waals surface area contributed by atoms with Crippen LogP contribution in [0.2, 0.25) is 0 Å². The second kappa shape index (κ2) is 7.24. The van der Waals surface area contributed by atoms with Gasteiger partial charge >= 0.3 is 0 Å². The fourth-order valence-corrected chi connectivity index (χ4v) is 3.66. The minimum atomic E-state index is 0.636. The van der Waals surface area contributed by atoms with E-state index in [1.54, 1.807) is 38.1 Å². The third kappa shape index (κ3) is 2.95. The Labute approximate surface area is 181 Å². The van der Waals surface area contributed by atoms with Gasteiger partial charge in [-0.1, -0.05) is 6.07 Å². The summed E-state index contributed by atoms with van der Waals surface area (Å²) < 4.78 is 5.29. The molecule has 0 aromatic carbocycles. The Balaban J connectivity index is 1.50. The van der Waals surface area contributed by atoms with E-state index in [0.717, 1.165) is 44.6 Å². The highest BCUT2D eigenvalue weighted by molar-refractivity contribution is 5.96. The number of hydrogen-bond donors (Lipinski definition) is 2. The Kier molecular flexibility index (Phi) is 4.10. The average Bonchev–Trinajstić information content (AvgIpc) is 3.48. The molecule has 0 saturated carbocycles. The summed E-state index contributed by atoms with van der Waals surface area (Å²) >= 11 is 0. The molecule has 0 fully saturated rings. The molecule has 6 aromatic heterocycles. The SMILES string of the molecule is COc1cncc(-c2cc3c(-c4nc5c(-c6ccccn6)nccc5[nH]4)n[nH]c3cn2)c1. The van der Waals surface area contributed by atoms with Gasteiger partial charge in [0.15, 0.2) is 5.82 Å². The molecule has 0 aliphatic heterocycles. The molecule has 32 heavy (non-hydrogen) atoms. The molecule has 0 amide bonds. The van der Waals surface area contributed by atoms with Crippen molar-refractivity contribution in [2.75, 3.05) is 7.11 Å². The van der Waals surface area contributed by atoms with Gasteiger partial charge in [0.05, 0.1) is 41.9 Å². The maximum atomic E-state index is 5.29. The van der Waals surface area contributed by atoms with Crippen LogP contribution in [0.4, 0.5) is 0 Å². The van der Waals surface area contributed by atoms with Crippen molar-refractivity contribution < 1.29 is 4.74 Å². The van der Waals surface area contributed by atoms with Crippen molar-refractivity contribution in [3.8, 4) is 39.9 Å². The van der Waals surface area contributed by atoms with Gasteiger partial charge in [0, 0.05) is 29.5 Å². The third-order valence-electron chi connectivity index (χ3n) is 5.22. The van der Waals surface area contributed by atoms with Crippen molar-refractivity contribution in [1.29, 1.82) is 0 Å². The van der Waals surface area contributed by atoms with E-state index in [4.69, 9.17) is 9.72 Å². The fraction of sp³-hybridized carbons (Fsp3) is 0.0435. The van der Waals surface area contributed by atoms with E-state index in [1.165, 1.54) is 0 Å². The van der Waals surface area contributed by atoms with Crippen LogP contribution in [0.5, 0.6) is 5.75 Å². The van der Waals surface area contributed by atoms with Gasteiger partial charge in [0.1, 0.15) is 22.7 Å². The Bertz CT molecular complexity index is 1570. The monoisotopic (exact) mass is 420 g/mol. The number of aromatic nitrogens is 8. The van der Waals surface area contributed by atoms with Crippen LogP contribution in [-0.2, 0) is 0 Å². The van der Waals surface area contributed by atoms with Crippen LogP contribution >= 0.6 is 0 Å². The smallest absolute Gasteiger partial charge is 0.159 e. The van der Waals surface area contributed by atoms with Crippen molar-refractivity contribution in [3.05, 3.63) is 67.4 Å². The van der Waals surface area contributed by atoms with Crippen LogP contribution in [0, 0.1) is 0 Å². The first kappa shape index (κ1) is 18.1. The normalized spacial score (nSPS) is 11.3. The number of pyridine rings is 4. The lowest BCUT2D eigenvalue weighted by atomic mass is 10.1. The molecule has 0 saturated heterocycles. The number of H-pyrrole nitrogens is 2. The Morgan fingerprint density at radius 1 is 0.844 bits per heavy atom. The maximum absolute atomic E-state index is 5.29. The second-order valence-electron chi connectivity index (χ2n) is 7.16. The first-order chi connectivity index (χ1) is 15.8. The van der Waals surface area contributed by atoms with Crippen molar-refractivity contribution >= 4 is 21.9 Å². The van der Waals surface area contributed by atoms with Gasteiger partial charge in [-0.15, -0.1) is 0 Å². The summed E-state index contributed by atoms with van der Waals surface area (Å²) in [6, 6.07) is 11.5. The van der Waals surface area contributed by atoms with Crippen molar-refractivity contribution in [3.63, 3.8) is 0 Å². The summed E-state index contributed by atoms with van der Waals surface area (Å²) in [5.74, 6) is 1.31. The van der Waals surface area contributed by atoms with E-state index in [9.17, 15) is 0 Å². The lowest BCUT2D eigenvalue weighted by molar-refractivity contribution is 0.413. The molecule has 0 aliphatic carbocycles. The molecule has 154 valence electrons. The number of nitrogens with one attached hydrogen (secondary N) is 2. The molecular weight excluding hydrogens is 404 g/mol. The van der Waals surface area contributed by atoms with Crippen molar-refractivity contribution in [2.45, 2.75) is 0 Å². The first-order valence-corrected chi connectivity index (χ1v) is 9.90. The summed E-state index contributed by atoms with van der Waals surface area (Å²) in [5.41, 5.74) is 6.20. The van der Waals surface area contributed by atoms with Crippen molar-refractivity contribution in [1.82, 2.24) is 40.1 Å². The Morgan fingerprint density at radius 3 is 2.69 bits per heavy atom. The molecule has 0 radical (unpaired) electrons. The van der Waals surface area contributed by atoms with Gasteiger partial charge in [-0.05, 0) is 30.3 Å². The molecule has 0 spiro atoms. The van der Waals surface area contributed by atoms with E-state index in [0.29, 0.717) is 17.3 Å². The predicted octanol–water partition coefficient (Wildman–Crippen LogP) is 4.03. The number of imidazole rings is 1. The van der Waals surface area contributed by atoms with Crippen LogP contribution in [0.3, 0.4) is 0 Å². The number of hydrogen-bond acceptors (Lipinski definition) is 7. The molecule has 0 bridgehead atoms. The highest BCUT2D eigenvalue weighted by Crippen LogP contribution is 2.31. The molecule has 0 unspecified atom stereocenters. The van der Waals surface area contributed by atoms with Gasteiger partial charge in [0.2, 0.25) is 0 Å². The van der Waals surface area contributed by atoms with E-state index < -0.39 is 0 Å². The highest BCUT2D eigenvalue weighted by atomic mass is 16.5. The molecule has 6 aromatic rings. The largest absolute Gasteiger partial charge is 0.495 e. The van der Waals surface area contributed by atoms with Crippen LogP contribution < -0.4 is 4.74 Å². The molecule has 6 rings (SSSR count). The van der Waals surface area contributed by atoms with Gasteiger partial charge in [-0.2, -0.15) is 5.10 Å². The number of methoxy groups -OCH3 is 1. The molecule has 0 aliphatic rings. The molecule has 2 N–H and O–H groups in total. The van der Waals surface area contributed by atoms with Crippen LogP contribution in [0.1, 0.15) is 0 Å². The zero-order chi connectivity index (χ0) is 21.5. The minimum Gasteiger partial charge on any atom is -0.495 e. The summed E-state index contributed by atoms with van der Waals surface area (Å²) in [6.45, 7) is 0. The van der Waals surface area contributed by atoms with Crippen molar-refractivity contribution in [2.24, 2.45) is 0 Å². The Morgan fingerprint density at radius 2 is 1.81 bits per heavy atom. The summed E-state index contributed by atoms with van der Waals surface area (Å²) in [5, 5.41) is 8.43. The average molecular weight is 420 g/mol. The van der Waals surface area contributed by atoms with Gasteiger partial charge in [0.25, 0.3) is 0 Å². The summed E-state index contributed by atoms with van der Waals surface area (Å²) in [7, 11) is 1.61. The van der Waals surface area contributed by atoms with Crippen LogP contribution in [0.25, 0.3) is 56.1 Å². The lowest BCUT2D eigenvalue weighted by Gasteiger charge is -2.03. The maximum Gasteiger partial charge on any atom is 0.159 e. The zero-order valence-electron chi connectivity index (χ0n) is 16.9. The molecule has 9 nitrogen and oxygen atoms in total. The van der Waals surface area contributed by atoms with E-state index in [2.05, 4.69) is 35.1 Å². The quantitative estimate of drug-likeness (QED) is 0.442. The Hall–Kier alpha value is -4.66. The highest BCUT2D eigenvalue weighted by Gasteiger charge is 2.17. The number of ether oxygens (including phenoxy) is 1. The molecule has 6 heterocycles. The third-order valence-corrected chi connectivity index (χ3v) is 5.22. The molecular formula is C23H16N8O. The fourth-order valence-electron chi connectivity index (χ4n) is 3.66. The number of rotatable bonds is 4. The topological polar surface area (TPSA) is 118 Å². The zero-order valence-corrected chi connectivity index (χ0v) is 16.9. The summed E-state index contributed by atoms with van der Waals surface area (Å²) in [4.78, 5) is 25.9. The van der Waals surface area contributed by atoms with Gasteiger partial charge in [-0.25, -0.2) is 4.98 Å². The van der Waals surface area contributed by atoms with Gasteiger partial charge < -0.3 is 9.72 Å². The number of nitrogens with zero attached hydrogens (tertiary/aromatic N) is 6. The number of aromatic amines is 2. The van der Waals surface area contributed by atoms with Crippen LogP contribution in [0.15, 0.2) is 67.4 Å². The first-order valence-electron chi connectivity index (χ1n) is 9.90. The predicted molar refractivity (Wildman–Crippen MR) is 120 cm³/mol. The van der Waals surface area contributed by atoms with Crippen LogP contribution in [-0.4, -0.2) is 47.2 Å².